The Morgan fingerprint density at radius 2 is 1.89 bits per heavy atom. The summed E-state index contributed by atoms with van der Waals surface area (Å²) in [5.74, 6) is 0.0529. The fourth-order valence-corrected chi connectivity index (χ4v) is 4.37. The van der Waals surface area contributed by atoms with Gasteiger partial charge in [-0.3, -0.25) is 9.69 Å². The largest absolute Gasteiger partial charge is 0.345 e. The van der Waals surface area contributed by atoms with Crippen LogP contribution in [0.4, 0.5) is 10.8 Å². The average Bonchev–Trinajstić information content (AvgIpc) is 3.09. The van der Waals surface area contributed by atoms with Gasteiger partial charge in [0.15, 0.2) is 5.13 Å². The van der Waals surface area contributed by atoms with E-state index in [2.05, 4.69) is 39.4 Å². The van der Waals surface area contributed by atoms with Gasteiger partial charge in [-0.1, -0.05) is 35.6 Å². The number of aryl methyl sites for hydroxylation is 2. The molecule has 5 nitrogen and oxygen atoms in total. The number of nitrogens with zero attached hydrogens (tertiary/aromatic N) is 3. The van der Waals surface area contributed by atoms with Crippen LogP contribution in [0.2, 0.25) is 0 Å². The van der Waals surface area contributed by atoms with E-state index in [1.165, 1.54) is 4.70 Å². The van der Waals surface area contributed by atoms with Crippen molar-refractivity contribution in [1.29, 1.82) is 0 Å². The zero-order chi connectivity index (χ0) is 18.8. The molecular weight excluding hydrogens is 356 g/mol. The first-order valence-corrected chi connectivity index (χ1v) is 10.1. The second-order valence-corrected chi connectivity index (χ2v) is 8.10. The molecule has 0 atom stereocenters. The van der Waals surface area contributed by atoms with Crippen molar-refractivity contribution in [3.63, 3.8) is 0 Å². The Balaban J connectivity index is 1.32. The SMILES string of the molecule is Cc1ccc(C)c(NC(=O)CN2CCN(c3nc4ccccc4s3)CC2)c1. The fourth-order valence-electron chi connectivity index (χ4n) is 3.36. The van der Waals surface area contributed by atoms with Crippen LogP contribution < -0.4 is 10.2 Å². The smallest absolute Gasteiger partial charge is 0.238 e. The number of carbonyl (C=O) groups is 1. The van der Waals surface area contributed by atoms with E-state index in [-0.39, 0.29) is 5.91 Å². The Morgan fingerprint density at radius 3 is 2.67 bits per heavy atom. The molecule has 2 aromatic carbocycles. The monoisotopic (exact) mass is 380 g/mol. The topological polar surface area (TPSA) is 48.5 Å². The van der Waals surface area contributed by atoms with Crippen molar-refractivity contribution < 1.29 is 4.79 Å². The number of benzene rings is 2. The van der Waals surface area contributed by atoms with Crippen LogP contribution in [0.1, 0.15) is 11.1 Å². The van der Waals surface area contributed by atoms with Gasteiger partial charge in [-0.05, 0) is 43.2 Å². The number of para-hydroxylation sites is 1. The number of amides is 1. The fraction of sp³-hybridized carbons (Fsp3) is 0.333. The highest BCUT2D eigenvalue weighted by atomic mass is 32.1. The number of piperazine rings is 1. The van der Waals surface area contributed by atoms with Gasteiger partial charge in [-0.2, -0.15) is 0 Å². The van der Waals surface area contributed by atoms with Crippen LogP contribution in [0.25, 0.3) is 10.2 Å². The number of hydrogen-bond donors (Lipinski definition) is 1. The molecule has 1 aliphatic heterocycles. The van der Waals surface area contributed by atoms with E-state index >= 15 is 0 Å². The summed E-state index contributed by atoms with van der Waals surface area (Å²) >= 11 is 1.74. The summed E-state index contributed by atoms with van der Waals surface area (Å²) in [6.07, 6.45) is 0. The highest BCUT2D eigenvalue weighted by Gasteiger charge is 2.21. The van der Waals surface area contributed by atoms with E-state index in [9.17, 15) is 4.79 Å². The molecule has 1 N–H and O–H groups in total. The maximum atomic E-state index is 12.4. The molecule has 4 rings (SSSR count). The highest BCUT2D eigenvalue weighted by Crippen LogP contribution is 2.29. The molecule has 140 valence electrons. The maximum absolute atomic E-state index is 12.4. The molecular formula is C21H24N4OS. The van der Waals surface area contributed by atoms with Crippen LogP contribution in [0.15, 0.2) is 42.5 Å². The molecule has 6 heteroatoms. The molecule has 1 fully saturated rings. The second kappa shape index (κ2) is 7.66. The predicted molar refractivity (Wildman–Crippen MR) is 113 cm³/mol. The van der Waals surface area contributed by atoms with E-state index in [1.807, 2.05) is 32.0 Å². The minimum Gasteiger partial charge on any atom is -0.345 e. The van der Waals surface area contributed by atoms with Crippen molar-refractivity contribution in [2.75, 3.05) is 42.9 Å². The summed E-state index contributed by atoms with van der Waals surface area (Å²) in [7, 11) is 0. The second-order valence-electron chi connectivity index (χ2n) is 7.09. The quantitative estimate of drug-likeness (QED) is 0.750. The Morgan fingerprint density at radius 1 is 1.11 bits per heavy atom. The van der Waals surface area contributed by atoms with Crippen molar-refractivity contribution in [2.24, 2.45) is 0 Å². The molecule has 1 aliphatic rings. The van der Waals surface area contributed by atoms with Gasteiger partial charge >= 0.3 is 0 Å². The van der Waals surface area contributed by atoms with Gasteiger partial charge in [0.25, 0.3) is 0 Å². The maximum Gasteiger partial charge on any atom is 0.238 e. The van der Waals surface area contributed by atoms with Gasteiger partial charge in [-0.25, -0.2) is 4.98 Å². The number of nitrogens with one attached hydrogen (secondary N) is 1. The minimum atomic E-state index is 0.0529. The number of anilines is 2. The molecule has 1 amide bonds. The van der Waals surface area contributed by atoms with E-state index in [1.54, 1.807) is 11.3 Å². The number of fused-ring (bicyclic) bond motifs is 1. The van der Waals surface area contributed by atoms with Gasteiger partial charge in [0, 0.05) is 31.9 Å². The summed E-state index contributed by atoms with van der Waals surface area (Å²) in [6.45, 7) is 8.03. The zero-order valence-electron chi connectivity index (χ0n) is 15.7. The molecule has 1 aromatic heterocycles. The zero-order valence-corrected chi connectivity index (χ0v) is 16.6. The lowest BCUT2D eigenvalue weighted by Crippen LogP contribution is -2.48. The van der Waals surface area contributed by atoms with Crippen molar-refractivity contribution in [1.82, 2.24) is 9.88 Å². The van der Waals surface area contributed by atoms with Crippen LogP contribution >= 0.6 is 11.3 Å². The number of aromatic nitrogens is 1. The summed E-state index contributed by atoms with van der Waals surface area (Å²) in [6, 6.07) is 14.4. The van der Waals surface area contributed by atoms with Crippen molar-refractivity contribution in [3.8, 4) is 0 Å². The third-order valence-corrected chi connectivity index (χ3v) is 6.06. The molecule has 1 saturated heterocycles. The lowest BCUT2D eigenvalue weighted by Gasteiger charge is -2.34. The molecule has 27 heavy (non-hydrogen) atoms. The summed E-state index contributed by atoms with van der Waals surface area (Å²) in [5, 5.41) is 4.13. The number of hydrogen-bond acceptors (Lipinski definition) is 5. The first-order chi connectivity index (χ1) is 13.1. The Kier molecular flexibility index (Phi) is 5.09. The van der Waals surface area contributed by atoms with E-state index in [0.29, 0.717) is 6.54 Å². The van der Waals surface area contributed by atoms with Crippen LogP contribution in [-0.2, 0) is 4.79 Å². The first-order valence-electron chi connectivity index (χ1n) is 9.28. The Labute approximate surface area is 163 Å². The van der Waals surface area contributed by atoms with Gasteiger partial charge in [0.1, 0.15) is 0 Å². The minimum absolute atomic E-state index is 0.0529. The molecule has 0 spiro atoms. The number of thiazole rings is 1. The molecule has 0 unspecified atom stereocenters. The van der Waals surface area contributed by atoms with Crippen molar-refractivity contribution >= 4 is 38.3 Å². The molecule has 3 aromatic rings. The summed E-state index contributed by atoms with van der Waals surface area (Å²) in [5.41, 5.74) is 4.22. The lowest BCUT2D eigenvalue weighted by molar-refractivity contribution is -0.117. The van der Waals surface area contributed by atoms with Crippen LogP contribution in [0, 0.1) is 13.8 Å². The van der Waals surface area contributed by atoms with Crippen LogP contribution in [0.5, 0.6) is 0 Å². The molecule has 0 bridgehead atoms. The Hall–Kier alpha value is -2.44. The molecule has 2 heterocycles. The Bertz CT molecular complexity index is 927. The van der Waals surface area contributed by atoms with Gasteiger partial charge in [-0.15, -0.1) is 0 Å². The highest BCUT2D eigenvalue weighted by molar-refractivity contribution is 7.22. The predicted octanol–water partition coefficient (Wildman–Crippen LogP) is 3.67. The third-order valence-electron chi connectivity index (χ3n) is 4.96. The van der Waals surface area contributed by atoms with Crippen molar-refractivity contribution in [2.45, 2.75) is 13.8 Å². The summed E-state index contributed by atoms with van der Waals surface area (Å²) < 4.78 is 1.22. The third kappa shape index (κ3) is 4.12. The average molecular weight is 381 g/mol. The standard InChI is InChI=1S/C21H24N4OS/c1-15-7-8-16(2)18(13-15)22-20(26)14-24-9-11-25(12-10-24)21-23-17-5-3-4-6-19(17)27-21/h3-8,13H,9-12,14H2,1-2H3,(H,22,26). The van der Waals surface area contributed by atoms with Crippen LogP contribution in [0.3, 0.4) is 0 Å². The number of carbonyl (C=O) groups excluding carboxylic acids is 1. The number of rotatable bonds is 4. The normalized spacial score (nSPS) is 15.3. The molecule has 0 radical (unpaired) electrons. The van der Waals surface area contributed by atoms with Crippen molar-refractivity contribution in [3.05, 3.63) is 53.6 Å². The molecule has 0 aliphatic carbocycles. The van der Waals surface area contributed by atoms with E-state index in [0.717, 1.165) is 53.6 Å². The molecule has 0 saturated carbocycles. The van der Waals surface area contributed by atoms with E-state index in [4.69, 9.17) is 4.98 Å². The lowest BCUT2D eigenvalue weighted by atomic mass is 10.1. The van der Waals surface area contributed by atoms with Crippen LogP contribution in [-0.4, -0.2) is 48.5 Å². The van der Waals surface area contributed by atoms with E-state index < -0.39 is 0 Å². The van der Waals surface area contributed by atoms with Gasteiger partial charge in [0.05, 0.1) is 16.8 Å². The van der Waals surface area contributed by atoms with Gasteiger partial charge < -0.3 is 10.2 Å². The van der Waals surface area contributed by atoms with Gasteiger partial charge in [0.2, 0.25) is 5.91 Å². The first kappa shape index (κ1) is 17.9. The summed E-state index contributed by atoms with van der Waals surface area (Å²) in [4.78, 5) is 21.7.